The fraction of sp³-hybridized carbons (Fsp3) is 0.344. The van der Waals surface area contributed by atoms with E-state index in [1.807, 2.05) is 42.5 Å². The van der Waals surface area contributed by atoms with E-state index in [0.717, 1.165) is 17.2 Å². The molecule has 0 saturated heterocycles. The first-order valence-electron chi connectivity index (χ1n) is 13.4. The van der Waals surface area contributed by atoms with Gasteiger partial charge < -0.3 is 25.4 Å². The number of carbonyl (C=O) groups is 3. The van der Waals surface area contributed by atoms with Gasteiger partial charge in [-0.1, -0.05) is 48.4 Å². The molecule has 2 unspecified atom stereocenters. The third-order valence-corrected chi connectivity index (χ3v) is 6.83. The summed E-state index contributed by atoms with van der Waals surface area (Å²) in [6.45, 7) is 4.46. The molecule has 3 N–H and O–H groups in total. The van der Waals surface area contributed by atoms with Gasteiger partial charge in [0.25, 0.3) is 5.91 Å². The van der Waals surface area contributed by atoms with Crippen molar-refractivity contribution in [3.63, 3.8) is 0 Å². The zero-order chi connectivity index (χ0) is 28.9. The van der Waals surface area contributed by atoms with Gasteiger partial charge in [-0.25, -0.2) is 4.79 Å². The summed E-state index contributed by atoms with van der Waals surface area (Å²) in [6.07, 6.45) is 7.00. The first-order chi connectivity index (χ1) is 19.1. The summed E-state index contributed by atoms with van der Waals surface area (Å²) in [5.41, 5.74) is 0.993. The molecule has 1 aliphatic rings. The van der Waals surface area contributed by atoms with E-state index in [1.54, 1.807) is 45.0 Å². The normalized spacial score (nSPS) is 14.8. The number of hydrogen-bond donors (Lipinski definition) is 3. The number of ether oxygens (including phenoxy) is 1. The number of terminal acetylenes is 1. The maximum atomic E-state index is 14.0. The fourth-order valence-electron chi connectivity index (χ4n) is 4.68. The molecule has 3 aromatic rings. The molecule has 0 radical (unpaired) electrons. The van der Waals surface area contributed by atoms with Gasteiger partial charge in [-0.2, -0.15) is 0 Å². The molecule has 0 aliphatic heterocycles. The predicted octanol–water partition coefficient (Wildman–Crippen LogP) is 4.77. The largest absolute Gasteiger partial charge is 0.444 e. The van der Waals surface area contributed by atoms with Crippen LogP contribution in [0.3, 0.4) is 0 Å². The summed E-state index contributed by atoms with van der Waals surface area (Å²) in [5, 5.41) is 17.6. The van der Waals surface area contributed by atoms with Gasteiger partial charge >= 0.3 is 6.09 Å². The van der Waals surface area contributed by atoms with Gasteiger partial charge in [0.15, 0.2) is 0 Å². The van der Waals surface area contributed by atoms with Crippen molar-refractivity contribution in [2.75, 3.05) is 11.9 Å². The molecule has 0 aromatic heterocycles. The Labute approximate surface area is 234 Å². The second kappa shape index (κ2) is 12.2. The molecule has 0 bridgehead atoms. The van der Waals surface area contributed by atoms with Crippen LogP contribution in [0, 0.1) is 12.3 Å². The number of nitrogens with one attached hydrogen (secondary N) is 2. The highest BCUT2D eigenvalue weighted by Crippen LogP contribution is 2.34. The van der Waals surface area contributed by atoms with Crippen LogP contribution < -0.4 is 10.6 Å². The number of aliphatic hydroxyl groups is 1. The second-order valence-corrected chi connectivity index (χ2v) is 10.9. The van der Waals surface area contributed by atoms with E-state index in [2.05, 4.69) is 16.6 Å². The summed E-state index contributed by atoms with van der Waals surface area (Å²) in [7, 11) is 0. The maximum Gasteiger partial charge on any atom is 0.408 e. The van der Waals surface area contributed by atoms with Gasteiger partial charge in [-0.3, -0.25) is 9.59 Å². The molecule has 0 spiro atoms. The van der Waals surface area contributed by atoms with E-state index >= 15 is 0 Å². The number of hydrogen-bond acceptors (Lipinski definition) is 5. The first-order valence-corrected chi connectivity index (χ1v) is 13.4. The number of fused-ring (bicyclic) bond motifs is 1. The van der Waals surface area contributed by atoms with Crippen molar-refractivity contribution in [3.05, 3.63) is 77.9 Å². The lowest BCUT2D eigenvalue weighted by atomic mass is 9.88. The minimum atomic E-state index is -1.29. The van der Waals surface area contributed by atoms with Crippen molar-refractivity contribution in [3.8, 4) is 12.3 Å². The van der Waals surface area contributed by atoms with Crippen LogP contribution in [-0.2, 0) is 14.3 Å². The van der Waals surface area contributed by atoms with Crippen LogP contribution in [0.2, 0.25) is 0 Å². The van der Waals surface area contributed by atoms with E-state index in [1.165, 1.54) is 4.90 Å². The molecular weight excluding hydrogens is 506 g/mol. The van der Waals surface area contributed by atoms with E-state index in [-0.39, 0.29) is 6.04 Å². The SMILES string of the molecule is C#Cc1ccc(C(C(=O)Nc2ccc3ccccc3c2)N(C(=O)C(CO)NC(=O)OC(C)(C)C)C2CCC2)cc1. The van der Waals surface area contributed by atoms with Crippen molar-refractivity contribution in [2.24, 2.45) is 0 Å². The Kier molecular flexibility index (Phi) is 8.76. The van der Waals surface area contributed by atoms with Crippen LogP contribution in [0.1, 0.15) is 57.2 Å². The smallest absolute Gasteiger partial charge is 0.408 e. The number of rotatable bonds is 8. The van der Waals surface area contributed by atoms with Crippen molar-refractivity contribution >= 4 is 34.4 Å². The predicted molar refractivity (Wildman–Crippen MR) is 154 cm³/mol. The average molecular weight is 542 g/mol. The third-order valence-electron chi connectivity index (χ3n) is 6.83. The van der Waals surface area contributed by atoms with Gasteiger partial charge in [0.1, 0.15) is 17.7 Å². The molecular formula is C32H35N3O5. The second-order valence-electron chi connectivity index (χ2n) is 10.9. The van der Waals surface area contributed by atoms with Crippen molar-refractivity contribution in [1.82, 2.24) is 10.2 Å². The minimum Gasteiger partial charge on any atom is -0.444 e. The van der Waals surface area contributed by atoms with Crippen molar-refractivity contribution < 1.29 is 24.2 Å². The van der Waals surface area contributed by atoms with E-state index < -0.39 is 42.2 Å². The van der Waals surface area contributed by atoms with E-state index in [4.69, 9.17) is 11.2 Å². The first kappa shape index (κ1) is 28.7. The van der Waals surface area contributed by atoms with Crippen molar-refractivity contribution in [1.29, 1.82) is 0 Å². The van der Waals surface area contributed by atoms with Crippen molar-refractivity contribution in [2.45, 2.75) is 63.8 Å². The molecule has 1 fully saturated rings. The zero-order valence-corrected chi connectivity index (χ0v) is 23.0. The Morgan fingerprint density at radius 3 is 2.30 bits per heavy atom. The highest BCUT2D eigenvalue weighted by Gasteiger charge is 2.42. The number of aliphatic hydroxyl groups excluding tert-OH is 1. The van der Waals surface area contributed by atoms with Gasteiger partial charge in [0, 0.05) is 17.3 Å². The summed E-state index contributed by atoms with van der Waals surface area (Å²) in [5.74, 6) is 1.58. The van der Waals surface area contributed by atoms with Gasteiger partial charge in [0.05, 0.1) is 6.61 Å². The fourth-order valence-corrected chi connectivity index (χ4v) is 4.68. The number of nitrogens with zero attached hydrogens (tertiary/aromatic N) is 1. The number of benzene rings is 3. The van der Waals surface area contributed by atoms with Gasteiger partial charge in [0.2, 0.25) is 5.91 Å². The standard InChI is InChI=1S/C32H35N3O5/c1-5-21-13-15-23(16-14-21)28(29(37)33-25-18-17-22-9-6-7-10-24(22)19-25)35(26-11-8-12-26)30(38)27(20-36)34-31(39)40-32(2,3)4/h1,6-7,9-10,13-19,26-28,36H,8,11-12,20H2,2-4H3,(H,33,37)(H,34,39). The number of anilines is 1. The lowest BCUT2D eigenvalue weighted by Gasteiger charge is -2.43. The third kappa shape index (κ3) is 6.80. The molecule has 1 saturated carbocycles. The molecule has 2 atom stereocenters. The summed E-state index contributed by atoms with van der Waals surface area (Å²) in [6, 6.07) is 17.7. The lowest BCUT2D eigenvalue weighted by molar-refractivity contribution is -0.146. The van der Waals surface area contributed by atoms with Gasteiger partial charge in [-0.15, -0.1) is 6.42 Å². The van der Waals surface area contributed by atoms with Crippen LogP contribution in [0.25, 0.3) is 10.8 Å². The minimum absolute atomic E-state index is 0.248. The summed E-state index contributed by atoms with van der Waals surface area (Å²) >= 11 is 0. The monoisotopic (exact) mass is 541 g/mol. The zero-order valence-electron chi connectivity index (χ0n) is 23.0. The topological polar surface area (TPSA) is 108 Å². The summed E-state index contributed by atoms with van der Waals surface area (Å²) < 4.78 is 5.30. The van der Waals surface area contributed by atoms with Gasteiger partial charge in [-0.05, 0) is 80.6 Å². The molecule has 8 nitrogen and oxygen atoms in total. The molecule has 1 aliphatic carbocycles. The molecule has 8 heteroatoms. The van der Waals surface area contributed by atoms with Crippen LogP contribution in [0.5, 0.6) is 0 Å². The number of carbonyl (C=O) groups excluding carboxylic acids is 3. The Morgan fingerprint density at radius 2 is 1.73 bits per heavy atom. The molecule has 40 heavy (non-hydrogen) atoms. The van der Waals surface area contributed by atoms with Crippen LogP contribution in [0.15, 0.2) is 66.7 Å². The highest BCUT2D eigenvalue weighted by atomic mass is 16.6. The van der Waals surface area contributed by atoms with Crippen LogP contribution in [0.4, 0.5) is 10.5 Å². The molecule has 4 rings (SSSR count). The Bertz CT molecular complexity index is 1420. The van der Waals surface area contributed by atoms with Crippen LogP contribution in [-0.4, -0.2) is 52.2 Å². The molecule has 208 valence electrons. The Balaban J connectivity index is 1.69. The highest BCUT2D eigenvalue weighted by molar-refractivity contribution is 6.00. The average Bonchev–Trinajstić information content (AvgIpc) is 2.89. The Hall–Kier alpha value is -4.35. The number of alkyl carbamates (subject to hydrolysis) is 1. The molecule has 0 heterocycles. The Morgan fingerprint density at radius 1 is 1.05 bits per heavy atom. The molecule has 3 aromatic carbocycles. The molecule has 3 amide bonds. The van der Waals surface area contributed by atoms with E-state index in [0.29, 0.717) is 29.7 Å². The summed E-state index contributed by atoms with van der Waals surface area (Å²) in [4.78, 5) is 41.9. The van der Waals surface area contributed by atoms with E-state index in [9.17, 15) is 19.5 Å². The lowest BCUT2D eigenvalue weighted by Crippen LogP contribution is -2.58. The number of amides is 3. The quantitative estimate of drug-likeness (QED) is 0.356. The van der Waals surface area contributed by atoms with Crippen LogP contribution >= 0.6 is 0 Å². The maximum absolute atomic E-state index is 14.0.